The first kappa shape index (κ1) is 39.1. The molecule has 4 aromatic rings. The van der Waals surface area contributed by atoms with Crippen molar-refractivity contribution in [3.8, 4) is 0 Å². The van der Waals surface area contributed by atoms with E-state index in [4.69, 9.17) is 0 Å². The first-order valence-electron chi connectivity index (χ1n) is 27.6. The van der Waals surface area contributed by atoms with Crippen LogP contribution in [0.2, 0.25) is 23.3 Å². The average Bonchev–Trinajstić information content (AvgIpc) is 3.98. The van der Waals surface area contributed by atoms with Crippen molar-refractivity contribution in [1.29, 1.82) is 0 Å². The Labute approximate surface area is 424 Å². The second-order valence-electron chi connectivity index (χ2n) is 24.2. The molecule has 4 aromatic carbocycles. The lowest BCUT2D eigenvalue weighted by Gasteiger charge is -2.70. The van der Waals surface area contributed by atoms with Crippen molar-refractivity contribution >= 4 is 13.7 Å². The van der Waals surface area contributed by atoms with E-state index in [9.17, 15) is 0 Å². The third-order valence-electron chi connectivity index (χ3n) is 22.6. The summed E-state index contributed by atoms with van der Waals surface area (Å²) in [6.07, 6.45) is 47.1. The Balaban J connectivity index is 0.926. The van der Waals surface area contributed by atoms with Crippen molar-refractivity contribution in [3.63, 3.8) is 0 Å². The second kappa shape index (κ2) is 13.4. The molecule has 7 aliphatic carbocycles. The van der Waals surface area contributed by atoms with E-state index in [-0.39, 0.29) is 29.3 Å². The molecule has 0 radical (unpaired) electrons. The van der Waals surface area contributed by atoms with Gasteiger partial charge in [-0.2, -0.15) is 0 Å². The molecular formula is C68H54B2N2. The number of rotatable bonds is 4. The van der Waals surface area contributed by atoms with Crippen molar-refractivity contribution < 1.29 is 0 Å². The van der Waals surface area contributed by atoms with Gasteiger partial charge in [-0.1, -0.05) is 247 Å². The number of benzene rings is 4. The molecule has 0 saturated carbocycles. The fourth-order valence-electron chi connectivity index (χ4n) is 21.2. The Hall–Kier alpha value is -6.45. The summed E-state index contributed by atoms with van der Waals surface area (Å²) in [5.41, 5.74) is 18.7. The van der Waals surface area contributed by atoms with E-state index in [1.807, 2.05) is 5.57 Å². The molecule has 16 unspecified atom stereocenters. The summed E-state index contributed by atoms with van der Waals surface area (Å²) < 4.78 is 0. The van der Waals surface area contributed by atoms with Crippen molar-refractivity contribution in [2.45, 2.75) is 58.3 Å². The highest BCUT2D eigenvalue weighted by Gasteiger charge is 2.79. The van der Waals surface area contributed by atoms with Gasteiger partial charge < -0.3 is 9.62 Å². The minimum absolute atomic E-state index is 0.224. The number of piperidine rings is 2. The molecule has 72 heavy (non-hydrogen) atoms. The maximum atomic E-state index is 3.25. The summed E-state index contributed by atoms with van der Waals surface area (Å²) in [5, 5.41) is 0. The molecule has 8 heterocycles. The lowest BCUT2D eigenvalue weighted by atomic mass is 9.27. The monoisotopic (exact) mass is 920 g/mol. The third kappa shape index (κ3) is 4.12. The molecule has 19 rings (SSSR count). The van der Waals surface area contributed by atoms with Crippen LogP contribution in [0.25, 0.3) is 0 Å². The van der Waals surface area contributed by atoms with Crippen molar-refractivity contribution in [3.05, 3.63) is 298 Å². The molecular weight excluding hydrogens is 866 g/mol. The summed E-state index contributed by atoms with van der Waals surface area (Å²) in [6.45, 7) is 0.872. The Morgan fingerprint density at radius 3 is 1.44 bits per heavy atom. The molecule has 0 spiro atoms. The molecule has 8 saturated heterocycles. The fraction of sp³-hybridized carbons (Fsp3) is 0.265. The molecule has 4 heteroatoms. The first-order chi connectivity index (χ1) is 35.8. The molecule has 0 N–H and O–H groups in total. The van der Waals surface area contributed by atoms with E-state index in [1.54, 1.807) is 39.0 Å². The van der Waals surface area contributed by atoms with Crippen molar-refractivity contribution in [2.75, 3.05) is 0 Å². The predicted octanol–water partition coefficient (Wildman–Crippen LogP) is 12.8. The Morgan fingerprint density at radius 1 is 0.375 bits per heavy atom. The van der Waals surface area contributed by atoms with Crippen LogP contribution in [0.5, 0.6) is 0 Å². The van der Waals surface area contributed by atoms with Gasteiger partial charge in [-0.15, -0.1) is 0 Å². The van der Waals surface area contributed by atoms with Gasteiger partial charge in [-0.05, 0) is 97.1 Å². The van der Waals surface area contributed by atoms with Crippen molar-refractivity contribution in [1.82, 2.24) is 9.62 Å². The molecule has 8 aliphatic heterocycles. The molecule has 15 aliphatic rings. The minimum atomic E-state index is -0.394. The minimum Gasteiger partial charge on any atom is -0.327 e. The van der Waals surface area contributed by atoms with Gasteiger partial charge in [0.2, 0.25) is 13.7 Å². The Morgan fingerprint density at radius 2 is 0.833 bits per heavy atom. The van der Waals surface area contributed by atoms with E-state index < -0.39 is 5.41 Å². The number of fused-ring (bicyclic) bond motifs is 7. The van der Waals surface area contributed by atoms with Gasteiger partial charge in [0.25, 0.3) is 0 Å². The van der Waals surface area contributed by atoms with Crippen LogP contribution in [0.15, 0.2) is 275 Å². The maximum Gasteiger partial charge on any atom is 0.240 e. The molecule has 8 fully saturated rings. The highest BCUT2D eigenvalue weighted by Crippen LogP contribution is 2.81. The summed E-state index contributed by atoms with van der Waals surface area (Å²) in [5.74, 6) is 5.11. The van der Waals surface area contributed by atoms with Gasteiger partial charge in [-0.3, -0.25) is 0 Å². The average molecular weight is 921 g/mol. The van der Waals surface area contributed by atoms with Crippen LogP contribution < -0.4 is 0 Å². The maximum absolute atomic E-state index is 3.25. The molecule has 0 amide bonds. The van der Waals surface area contributed by atoms with Crippen LogP contribution in [0.3, 0.4) is 0 Å². The van der Waals surface area contributed by atoms with Crippen molar-refractivity contribution in [2.24, 2.45) is 47.3 Å². The van der Waals surface area contributed by atoms with Crippen LogP contribution in [-0.4, -0.2) is 47.5 Å². The SMILES string of the molecule is C1=CC2C3=C4C5=CC=CC6C5N5B7C8C(=CC=CC8C8C=CC=C(C85)C6(c5ccccc5)c5ccccc5)C(C74)C4C5=CC=CC6C5B(C34)N3C2C(=C1)C(c1ccccc1)(c1ccccc1)C1=CC=CC6C13. The van der Waals surface area contributed by atoms with Gasteiger partial charge in [0, 0.05) is 47.8 Å². The fourth-order valence-corrected chi connectivity index (χ4v) is 21.2. The molecule has 0 aromatic heterocycles. The highest BCUT2D eigenvalue weighted by molar-refractivity contribution is 6.66. The molecule has 16 atom stereocenters. The Kier molecular flexibility index (Phi) is 7.27. The molecule has 0 bridgehead atoms. The summed E-state index contributed by atoms with van der Waals surface area (Å²) in [4.78, 5) is 6.49. The molecule has 342 valence electrons. The smallest absolute Gasteiger partial charge is 0.240 e. The topological polar surface area (TPSA) is 6.48 Å². The van der Waals surface area contributed by atoms with E-state index in [0.717, 1.165) is 0 Å². The summed E-state index contributed by atoms with van der Waals surface area (Å²) in [7, 11) is 0. The normalized spacial score (nSPS) is 40.4. The van der Waals surface area contributed by atoms with Gasteiger partial charge in [0.15, 0.2) is 0 Å². The van der Waals surface area contributed by atoms with Gasteiger partial charge in [0.05, 0.1) is 10.8 Å². The van der Waals surface area contributed by atoms with E-state index >= 15 is 0 Å². The zero-order valence-electron chi connectivity index (χ0n) is 40.2. The quantitative estimate of drug-likeness (QED) is 0.188. The van der Waals surface area contributed by atoms with Crippen LogP contribution in [0.4, 0.5) is 0 Å². The van der Waals surface area contributed by atoms with Crippen LogP contribution in [0, 0.1) is 47.3 Å². The zero-order chi connectivity index (χ0) is 46.3. The number of hydrogen-bond acceptors (Lipinski definition) is 2. The Bertz CT molecular complexity index is 3480. The second-order valence-corrected chi connectivity index (χ2v) is 24.2. The largest absolute Gasteiger partial charge is 0.327 e. The van der Waals surface area contributed by atoms with Crippen LogP contribution >= 0.6 is 0 Å². The van der Waals surface area contributed by atoms with Crippen LogP contribution in [0.1, 0.15) is 22.3 Å². The van der Waals surface area contributed by atoms with E-state index in [0.29, 0.717) is 84.6 Å². The molecule has 2 nitrogen and oxygen atoms in total. The van der Waals surface area contributed by atoms with Gasteiger partial charge >= 0.3 is 0 Å². The van der Waals surface area contributed by atoms with E-state index in [2.05, 4.69) is 240 Å². The highest BCUT2D eigenvalue weighted by atomic mass is 15.2. The number of nitrogens with zero attached hydrogens (tertiary/aromatic N) is 2. The number of hydrogen-bond donors (Lipinski definition) is 0. The number of allylic oxidation sites excluding steroid dienone is 16. The summed E-state index contributed by atoms with van der Waals surface area (Å²) in [6, 6.07) is 48.2. The standard InChI is InChI=1S/C68H54B2N2/c1-5-19-39(20-6-1)67(40-21-7-2-8-22-40)51-35-15-29-45-43-27-13-31-47-55-56-48-32-14-28-44-46-30-16-36-52-64(46)72-66-50(34-18-38-54(66)68(52,41-23-9-3-10-24-41)42-25-11-4-12-26-42)58(62(56)70(72)60(44)48)57-49-33-17-37-53(67)65(49)71(63(45)51)69(59(43)47)61(55)57/h1-38,43-46,49,54-56,59-66H. The zero-order valence-corrected chi connectivity index (χ0v) is 40.2. The van der Waals surface area contributed by atoms with Gasteiger partial charge in [0.1, 0.15) is 0 Å². The summed E-state index contributed by atoms with van der Waals surface area (Å²) >= 11 is 0. The lowest BCUT2D eigenvalue weighted by Crippen LogP contribution is -2.75. The van der Waals surface area contributed by atoms with Crippen LogP contribution in [-0.2, 0) is 10.8 Å². The lowest BCUT2D eigenvalue weighted by molar-refractivity contribution is 0.0923. The van der Waals surface area contributed by atoms with E-state index in [1.165, 1.54) is 22.3 Å². The van der Waals surface area contributed by atoms with Gasteiger partial charge in [-0.25, -0.2) is 0 Å². The third-order valence-corrected chi connectivity index (χ3v) is 22.6. The first-order valence-corrected chi connectivity index (χ1v) is 27.6. The predicted molar refractivity (Wildman–Crippen MR) is 291 cm³/mol.